The molecule has 7 heteroatoms. The molecule has 2 aromatic carbocycles. The first-order valence-corrected chi connectivity index (χ1v) is 8.24. The van der Waals surface area contributed by atoms with Crippen molar-refractivity contribution in [2.24, 2.45) is 0 Å². The van der Waals surface area contributed by atoms with E-state index < -0.39 is 12.0 Å². The molecule has 1 aromatic heterocycles. The summed E-state index contributed by atoms with van der Waals surface area (Å²) in [5.41, 5.74) is 2.61. The van der Waals surface area contributed by atoms with E-state index in [1.165, 1.54) is 17.5 Å². The molecule has 0 spiro atoms. The van der Waals surface area contributed by atoms with E-state index in [9.17, 15) is 13.2 Å². The maximum absolute atomic E-state index is 12.7. The average Bonchev–Trinajstić information content (AvgIpc) is 2.97. The van der Waals surface area contributed by atoms with E-state index in [0.717, 1.165) is 4.90 Å². The molecule has 2 N–H and O–H groups in total. The van der Waals surface area contributed by atoms with Gasteiger partial charge in [-0.1, -0.05) is 26.0 Å². The number of aromatic amines is 1. The van der Waals surface area contributed by atoms with E-state index in [1.807, 2.05) is 12.1 Å². The fourth-order valence-corrected chi connectivity index (χ4v) is 2.88. The predicted octanol–water partition coefficient (Wildman–Crippen LogP) is 5.82. The lowest BCUT2D eigenvalue weighted by molar-refractivity contribution is -0.144. The maximum atomic E-state index is 12.7. The minimum atomic E-state index is -4.47. The molecule has 0 amide bonds. The van der Waals surface area contributed by atoms with Gasteiger partial charge in [-0.15, -0.1) is 0 Å². The van der Waals surface area contributed by atoms with E-state index in [4.69, 9.17) is 0 Å². The number of nitrogens with zero attached hydrogens (tertiary/aromatic N) is 1. The van der Waals surface area contributed by atoms with Crippen LogP contribution in [0.4, 0.5) is 18.9 Å². The minimum Gasteiger partial charge on any atom is -0.334 e. The number of hydrogen-bond donors (Lipinski definition) is 2. The SMILES string of the molecule is CC(C)c1ccc(SNc2ccc3nc(C(F)(F)F)[nH]c3c2)cc1. The van der Waals surface area contributed by atoms with Gasteiger partial charge in [0.05, 0.1) is 11.0 Å². The number of rotatable bonds is 4. The Labute approximate surface area is 141 Å². The highest BCUT2D eigenvalue weighted by Crippen LogP contribution is 2.30. The molecule has 3 nitrogen and oxygen atoms in total. The van der Waals surface area contributed by atoms with Gasteiger partial charge in [0.1, 0.15) is 0 Å². The molecule has 0 aliphatic heterocycles. The first-order valence-electron chi connectivity index (χ1n) is 7.43. The van der Waals surface area contributed by atoms with Crippen LogP contribution in [0.5, 0.6) is 0 Å². The van der Waals surface area contributed by atoms with E-state index in [2.05, 4.69) is 40.7 Å². The number of aromatic nitrogens is 2. The first kappa shape index (κ1) is 16.7. The monoisotopic (exact) mass is 351 g/mol. The molecule has 0 radical (unpaired) electrons. The molecule has 0 atom stereocenters. The van der Waals surface area contributed by atoms with Crippen LogP contribution >= 0.6 is 11.9 Å². The Morgan fingerprint density at radius 1 is 1.08 bits per heavy atom. The molecule has 0 aliphatic carbocycles. The Bertz CT molecular complexity index is 838. The summed E-state index contributed by atoms with van der Waals surface area (Å²) in [5, 5.41) is 0. The Kier molecular flexibility index (Phi) is 4.45. The molecule has 3 rings (SSSR count). The number of benzene rings is 2. The zero-order chi connectivity index (χ0) is 17.3. The van der Waals surface area contributed by atoms with E-state index in [0.29, 0.717) is 22.6 Å². The van der Waals surface area contributed by atoms with Crippen molar-refractivity contribution in [1.82, 2.24) is 9.97 Å². The highest BCUT2D eigenvalue weighted by molar-refractivity contribution is 8.00. The number of imidazole rings is 1. The second-order valence-electron chi connectivity index (χ2n) is 5.74. The van der Waals surface area contributed by atoms with Gasteiger partial charge in [0.25, 0.3) is 0 Å². The van der Waals surface area contributed by atoms with Gasteiger partial charge < -0.3 is 9.71 Å². The summed E-state index contributed by atoms with van der Waals surface area (Å²) in [6.45, 7) is 4.27. The van der Waals surface area contributed by atoms with Crippen molar-refractivity contribution in [1.29, 1.82) is 0 Å². The fourth-order valence-electron chi connectivity index (χ4n) is 2.25. The minimum absolute atomic E-state index is 0.291. The van der Waals surface area contributed by atoms with Crippen LogP contribution in [-0.4, -0.2) is 9.97 Å². The van der Waals surface area contributed by atoms with Crippen molar-refractivity contribution >= 4 is 28.7 Å². The van der Waals surface area contributed by atoms with Crippen molar-refractivity contribution in [3.63, 3.8) is 0 Å². The molecule has 0 unspecified atom stereocenters. The largest absolute Gasteiger partial charge is 0.449 e. The second kappa shape index (κ2) is 6.39. The van der Waals surface area contributed by atoms with Gasteiger partial charge in [-0.05, 0) is 53.8 Å². The third-order valence-electron chi connectivity index (χ3n) is 3.58. The molecule has 0 bridgehead atoms. The molecular formula is C17H16F3N3S. The Balaban J connectivity index is 1.73. The number of alkyl halides is 3. The molecule has 24 heavy (non-hydrogen) atoms. The molecule has 0 saturated carbocycles. The molecule has 1 heterocycles. The van der Waals surface area contributed by atoms with Crippen molar-refractivity contribution < 1.29 is 13.2 Å². The summed E-state index contributed by atoms with van der Waals surface area (Å²) >= 11 is 1.41. The lowest BCUT2D eigenvalue weighted by Crippen LogP contribution is -2.06. The topological polar surface area (TPSA) is 40.7 Å². The van der Waals surface area contributed by atoms with Crippen LogP contribution in [0.2, 0.25) is 0 Å². The van der Waals surface area contributed by atoms with Gasteiger partial charge in [0, 0.05) is 10.6 Å². The molecule has 0 saturated heterocycles. The van der Waals surface area contributed by atoms with Crippen LogP contribution in [0.25, 0.3) is 11.0 Å². The predicted molar refractivity (Wildman–Crippen MR) is 91.1 cm³/mol. The van der Waals surface area contributed by atoms with Crippen LogP contribution in [0, 0.1) is 0 Å². The van der Waals surface area contributed by atoms with Crippen LogP contribution in [0.1, 0.15) is 31.2 Å². The zero-order valence-corrected chi connectivity index (χ0v) is 13.9. The Morgan fingerprint density at radius 2 is 1.79 bits per heavy atom. The number of halogens is 3. The third kappa shape index (κ3) is 3.67. The first-order chi connectivity index (χ1) is 11.3. The lowest BCUT2D eigenvalue weighted by atomic mass is 10.0. The Hall–Kier alpha value is -2.15. The highest BCUT2D eigenvalue weighted by Gasteiger charge is 2.34. The summed E-state index contributed by atoms with van der Waals surface area (Å²) in [6.07, 6.45) is -4.47. The summed E-state index contributed by atoms with van der Waals surface area (Å²) in [4.78, 5) is 6.89. The van der Waals surface area contributed by atoms with Gasteiger partial charge >= 0.3 is 6.18 Å². The van der Waals surface area contributed by atoms with Crippen molar-refractivity contribution in [3.05, 3.63) is 53.9 Å². The van der Waals surface area contributed by atoms with E-state index in [1.54, 1.807) is 18.2 Å². The van der Waals surface area contributed by atoms with Crippen molar-refractivity contribution in [2.75, 3.05) is 4.72 Å². The molecule has 0 aliphatic rings. The molecule has 0 fully saturated rings. The summed E-state index contributed by atoms with van der Waals surface area (Å²) in [5.74, 6) is -0.505. The smallest absolute Gasteiger partial charge is 0.334 e. The quantitative estimate of drug-likeness (QED) is 0.582. The normalized spacial score (nSPS) is 12.1. The van der Waals surface area contributed by atoms with Gasteiger partial charge in [0.2, 0.25) is 5.82 Å². The van der Waals surface area contributed by atoms with E-state index in [-0.39, 0.29) is 0 Å². The van der Waals surface area contributed by atoms with E-state index >= 15 is 0 Å². The van der Waals surface area contributed by atoms with Crippen LogP contribution in [0.15, 0.2) is 47.4 Å². The molecule has 3 aromatic rings. The van der Waals surface area contributed by atoms with Crippen molar-refractivity contribution in [2.45, 2.75) is 30.8 Å². The van der Waals surface area contributed by atoms with Gasteiger partial charge in [-0.2, -0.15) is 13.2 Å². The van der Waals surface area contributed by atoms with Gasteiger partial charge in [0.15, 0.2) is 0 Å². The van der Waals surface area contributed by atoms with Crippen LogP contribution in [0.3, 0.4) is 0 Å². The standard InChI is InChI=1S/C17H16F3N3S/c1-10(2)11-3-6-13(7-4-11)24-23-12-5-8-14-15(9-12)22-16(21-14)17(18,19)20/h3-10,23H,1-2H3,(H,21,22). The number of nitrogens with one attached hydrogen (secondary N) is 2. The third-order valence-corrected chi connectivity index (χ3v) is 4.43. The number of anilines is 1. The van der Waals surface area contributed by atoms with Gasteiger partial charge in [-0.3, -0.25) is 0 Å². The highest BCUT2D eigenvalue weighted by atomic mass is 32.2. The van der Waals surface area contributed by atoms with Crippen LogP contribution < -0.4 is 4.72 Å². The summed E-state index contributed by atoms with van der Waals surface area (Å²) in [6, 6.07) is 13.1. The number of fused-ring (bicyclic) bond motifs is 1. The molecule has 126 valence electrons. The molecular weight excluding hydrogens is 335 g/mol. The maximum Gasteiger partial charge on any atom is 0.449 e. The average molecular weight is 351 g/mol. The summed E-state index contributed by atoms with van der Waals surface area (Å²) in [7, 11) is 0. The lowest BCUT2D eigenvalue weighted by Gasteiger charge is -2.08. The second-order valence-corrected chi connectivity index (χ2v) is 6.62. The number of H-pyrrole nitrogens is 1. The summed E-state index contributed by atoms with van der Waals surface area (Å²) < 4.78 is 41.2. The van der Waals surface area contributed by atoms with Crippen LogP contribution in [-0.2, 0) is 6.18 Å². The number of hydrogen-bond acceptors (Lipinski definition) is 3. The Morgan fingerprint density at radius 3 is 2.42 bits per heavy atom. The van der Waals surface area contributed by atoms with Gasteiger partial charge in [-0.25, -0.2) is 4.98 Å². The van der Waals surface area contributed by atoms with Crippen molar-refractivity contribution in [3.8, 4) is 0 Å². The fraction of sp³-hybridized carbons (Fsp3) is 0.235. The zero-order valence-electron chi connectivity index (χ0n) is 13.1.